The fraction of sp³-hybridized carbons (Fsp3) is 0.522. The molecule has 3 heterocycles. The van der Waals surface area contributed by atoms with Crippen LogP contribution in [-0.4, -0.2) is 32.0 Å². The number of carbonyl (C=O) groups is 1. The van der Waals surface area contributed by atoms with Crippen LogP contribution in [0.4, 0.5) is 0 Å². The van der Waals surface area contributed by atoms with Crippen molar-refractivity contribution in [3.05, 3.63) is 59.2 Å². The molecule has 0 radical (unpaired) electrons. The molecule has 1 aliphatic heterocycles. The predicted octanol–water partition coefficient (Wildman–Crippen LogP) is 4.19. The molecule has 0 bridgehead atoms. The van der Waals surface area contributed by atoms with Gasteiger partial charge in [0.1, 0.15) is 0 Å². The lowest BCUT2D eigenvalue weighted by molar-refractivity contribution is -0.288. The van der Waals surface area contributed by atoms with Crippen LogP contribution in [0.2, 0.25) is 0 Å². The molecule has 6 heteroatoms. The highest BCUT2D eigenvalue weighted by Gasteiger charge is 2.42. The van der Waals surface area contributed by atoms with Crippen LogP contribution in [0, 0.1) is 6.92 Å². The predicted molar refractivity (Wildman–Crippen MR) is 113 cm³/mol. The second-order valence-corrected chi connectivity index (χ2v) is 9.12. The number of rotatable bonds is 6. The number of piperidine rings is 1. The summed E-state index contributed by atoms with van der Waals surface area (Å²) >= 11 is 0. The Morgan fingerprint density at radius 3 is 2.55 bits per heavy atom. The molecule has 29 heavy (non-hydrogen) atoms. The van der Waals surface area contributed by atoms with Crippen molar-refractivity contribution in [2.24, 2.45) is 0 Å². The lowest BCUT2D eigenvalue weighted by Gasteiger charge is -2.51. The molecule has 2 aromatic rings. The molecule has 156 valence electrons. The van der Waals surface area contributed by atoms with E-state index >= 15 is 0 Å². The normalized spacial score (nSPS) is 18.4. The molecule has 1 saturated heterocycles. The largest absolute Gasteiger partial charge is 0.348 e. The van der Waals surface area contributed by atoms with Crippen molar-refractivity contribution in [3.63, 3.8) is 0 Å². The zero-order valence-corrected chi connectivity index (χ0v) is 18.2. The van der Waals surface area contributed by atoms with Crippen LogP contribution >= 0.6 is 0 Å². The molecule has 1 aliphatic rings. The Hall–Kier alpha value is -2.31. The van der Waals surface area contributed by atoms with Gasteiger partial charge in [-0.2, -0.15) is 5.06 Å². The maximum Gasteiger partial charge on any atom is 0.253 e. The number of nitrogens with zero attached hydrogens (tertiary/aromatic N) is 3. The summed E-state index contributed by atoms with van der Waals surface area (Å²) in [6.07, 6.45) is 8.50. The minimum Gasteiger partial charge on any atom is -0.348 e. The van der Waals surface area contributed by atoms with E-state index < -0.39 is 0 Å². The van der Waals surface area contributed by atoms with Crippen LogP contribution in [0.1, 0.15) is 74.1 Å². The molecule has 1 fully saturated rings. The second-order valence-electron chi connectivity index (χ2n) is 9.12. The van der Waals surface area contributed by atoms with E-state index in [1.54, 1.807) is 18.6 Å². The van der Waals surface area contributed by atoms with Crippen LogP contribution in [0.3, 0.4) is 0 Å². The molecular weight excluding hydrogens is 364 g/mol. The topological polar surface area (TPSA) is 67.3 Å². The standard InChI is InChI=1S/C23H32N4O2/c1-17-11-18(7-10-25-17)14-26-21(28)20-12-19(13-24-15-20)16-29-27-22(2,3)8-6-9-23(27,4)5/h7,10-13,15H,6,8-9,14,16H2,1-5H3,(H,26,28). The first kappa shape index (κ1) is 21.4. The Morgan fingerprint density at radius 1 is 1.14 bits per heavy atom. The average Bonchev–Trinajstić information content (AvgIpc) is 2.65. The molecule has 3 rings (SSSR count). The van der Waals surface area contributed by atoms with Gasteiger partial charge in [-0.3, -0.25) is 19.6 Å². The van der Waals surface area contributed by atoms with Crippen LogP contribution < -0.4 is 5.32 Å². The lowest BCUT2D eigenvalue weighted by Crippen LogP contribution is -2.58. The maximum absolute atomic E-state index is 12.5. The lowest BCUT2D eigenvalue weighted by atomic mass is 9.82. The third kappa shape index (κ3) is 5.40. The van der Waals surface area contributed by atoms with Crippen molar-refractivity contribution in [2.75, 3.05) is 0 Å². The van der Waals surface area contributed by atoms with E-state index in [9.17, 15) is 4.79 Å². The highest BCUT2D eigenvalue weighted by molar-refractivity contribution is 5.93. The van der Waals surface area contributed by atoms with E-state index in [0.29, 0.717) is 18.7 Å². The number of hydrogen-bond donors (Lipinski definition) is 1. The van der Waals surface area contributed by atoms with Crippen molar-refractivity contribution < 1.29 is 9.63 Å². The minimum absolute atomic E-state index is 0.0210. The zero-order valence-electron chi connectivity index (χ0n) is 18.2. The van der Waals surface area contributed by atoms with Crippen LogP contribution in [0.25, 0.3) is 0 Å². The van der Waals surface area contributed by atoms with Gasteiger partial charge in [-0.1, -0.05) is 0 Å². The first-order valence-corrected chi connectivity index (χ1v) is 10.2. The summed E-state index contributed by atoms with van der Waals surface area (Å²) in [6.45, 7) is 11.7. The third-order valence-electron chi connectivity index (χ3n) is 5.51. The smallest absolute Gasteiger partial charge is 0.253 e. The van der Waals surface area contributed by atoms with Gasteiger partial charge < -0.3 is 5.32 Å². The Labute approximate surface area is 173 Å². The van der Waals surface area contributed by atoms with Crippen molar-refractivity contribution >= 4 is 5.91 Å². The van der Waals surface area contributed by atoms with Crippen molar-refractivity contribution in [2.45, 2.75) is 78.1 Å². The molecule has 6 nitrogen and oxygen atoms in total. The summed E-state index contributed by atoms with van der Waals surface area (Å²) in [4.78, 5) is 27.2. The summed E-state index contributed by atoms with van der Waals surface area (Å²) in [7, 11) is 0. The summed E-state index contributed by atoms with van der Waals surface area (Å²) in [5.74, 6) is -0.146. The number of pyridine rings is 2. The van der Waals surface area contributed by atoms with Gasteiger partial charge in [0.05, 0.1) is 12.2 Å². The second kappa shape index (κ2) is 8.59. The van der Waals surface area contributed by atoms with Crippen LogP contribution in [0.5, 0.6) is 0 Å². The number of aryl methyl sites for hydroxylation is 1. The highest BCUT2D eigenvalue weighted by Crippen LogP contribution is 2.38. The molecule has 1 N–H and O–H groups in total. The zero-order chi connectivity index (χ0) is 21.1. The fourth-order valence-electron chi connectivity index (χ4n) is 4.15. The number of hydroxylamine groups is 2. The molecule has 0 aromatic carbocycles. The fourth-order valence-corrected chi connectivity index (χ4v) is 4.15. The summed E-state index contributed by atoms with van der Waals surface area (Å²) in [5, 5.41) is 5.07. The van der Waals surface area contributed by atoms with E-state index in [4.69, 9.17) is 4.84 Å². The van der Waals surface area contributed by atoms with Gasteiger partial charge in [-0.25, -0.2) is 0 Å². The van der Waals surface area contributed by atoms with E-state index in [-0.39, 0.29) is 17.0 Å². The van der Waals surface area contributed by atoms with Gasteiger partial charge in [-0.05, 0) is 83.2 Å². The minimum atomic E-state index is -0.146. The van der Waals surface area contributed by atoms with Crippen molar-refractivity contribution in [1.29, 1.82) is 0 Å². The molecule has 0 saturated carbocycles. The molecular formula is C23H32N4O2. The van der Waals surface area contributed by atoms with Gasteiger partial charge in [0, 0.05) is 41.9 Å². The number of nitrogens with one attached hydrogen (secondary N) is 1. The first-order valence-electron chi connectivity index (χ1n) is 10.2. The maximum atomic E-state index is 12.5. The summed E-state index contributed by atoms with van der Waals surface area (Å²) in [6, 6.07) is 5.72. The molecule has 1 amide bonds. The Morgan fingerprint density at radius 2 is 1.86 bits per heavy atom. The SMILES string of the molecule is Cc1cc(CNC(=O)c2cncc(CON3C(C)(C)CCCC3(C)C)c2)ccn1. The van der Waals surface area contributed by atoms with E-state index in [1.807, 2.05) is 25.1 Å². The van der Waals surface area contributed by atoms with E-state index in [0.717, 1.165) is 29.7 Å². The summed E-state index contributed by atoms with van der Waals surface area (Å²) in [5.41, 5.74) is 3.33. The molecule has 0 atom stereocenters. The molecule has 2 aromatic heterocycles. The van der Waals surface area contributed by atoms with Gasteiger partial charge in [0.25, 0.3) is 5.91 Å². The van der Waals surface area contributed by atoms with Crippen molar-refractivity contribution in [1.82, 2.24) is 20.3 Å². The third-order valence-corrected chi connectivity index (χ3v) is 5.51. The molecule has 0 aliphatic carbocycles. The van der Waals surface area contributed by atoms with Crippen molar-refractivity contribution in [3.8, 4) is 0 Å². The Balaban J connectivity index is 1.62. The number of aromatic nitrogens is 2. The summed E-state index contributed by atoms with van der Waals surface area (Å²) < 4.78 is 0. The molecule has 0 spiro atoms. The Bertz CT molecular complexity index is 847. The average molecular weight is 397 g/mol. The van der Waals surface area contributed by atoms with Gasteiger partial charge in [-0.15, -0.1) is 0 Å². The van der Waals surface area contributed by atoms with Gasteiger partial charge in [0.2, 0.25) is 0 Å². The number of amides is 1. The number of carbonyl (C=O) groups excluding carboxylic acids is 1. The highest BCUT2D eigenvalue weighted by atomic mass is 16.7. The van der Waals surface area contributed by atoms with E-state index in [2.05, 4.69) is 48.0 Å². The Kier molecular flexibility index (Phi) is 6.34. The van der Waals surface area contributed by atoms with Gasteiger partial charge in [0.15, 0.2) is 0 Å². The quantitative estimate of drug-likeness (QED) is 0.793. The van der Waals surface area contributed by atoms with Crippen LogP contribution in [0.15, 0.2) is 36.8 Å². The van der Waals surface area contributed by atoms with Crippen LogP contribution in [-0.2, 0) is 18.0 Å². The number of hydrogen-bond acceptors (Lipinski definition) is 5. The molecule has 0 unspecified atom stereocenters. The van der Waals surface area contributed by atoms with Gasteiger partial charge >= 0.3 is 0 Å². The monoisotopic (exact) mass is 396 g/mol. The van der Waals surface area contributed by atoms with E-state index in [1.165, 1.54) is 6.42 Å². The first-order chi connectivity index (χ1) is 13.7.